The van der Waals surface area contributed by atoms with Crippen molar-refractivity contribution in [2.45, 2.75) is 6.42 Å². The highest BCUT2D eigenvalue weighted by Gasteiger charge is 2.09. The number of fused-ring (bicyclic) bond motifs is 1. The maximum Gasteiger partial charge on any atom is 0.269 e. The fourth-order valence-corrected chi connectivity index (χ4v) is 2.66. The average molecular weight is 320 g/mol. The van der Waals surface area contributed by atoms with E-state index in [9.17, 15) is 14.9 Å². The van der Waals surface area contributed by atoms with Crippen LogP contribution in [0.25, 0.3) is 10.8 Å². The second-order valence-corrected chi connectivity index (χ2v) is 5.45. The number of benzene rings is 3. The van der Waals surface area contributed by atoms with Gasteiger partial charge >= 0.3 is 0 Å². The number of nitro benzene ring substituents is 1. The van der Waals surface area contributed by atoms with Gasteiger partial charge in [0.2, 0.25) is 0 Å². The average Bonchev–Trinajstić information content (AvgIpc) is 2.62. The normalized spacial score (nSPS) is 10.5. The van der Waals surface area contributed by atoms with Gasteiger partial charge in [-0.15, -0.1) is 0 Å². The Labute approximate surface area is 139 Å². The number of nitrogens with zero attached hydrogens (tertiary/aromatic N) is 1. The molecule has 0 aliphatic heterocycles. The van der Waals surface area contributed by atoms with E-state index in [0.717, 1.165) is 6.42 Å². The maximum absolute atomic E-state index is 12.1. The van der Waals surface area contributed by atoms with Crippen molar-refractivity contribution in [3.8, 4) is 0 Å². The Morgan fingerprint density at radius 2 is 1.67 bits per heavy atom. The first-order valence-corrected chi connectivity index (χ1v) is 7.64. The summed E-state index contributed by atoms with van der Waals surface area (Å²) in [5, 5.41) is 15.8. The van der Waals surface area contributed by atoms with Gasteiger partial charge in [-0.2, -0.15) is 0 Å². The van der Waals surface area contributed by atoms with Crippen LogP contribution in [0.4, 0.5) is 5.69 Å². The van der Waals surface area contributed by atoms with E-state index in [1.165, 1.54) is 40.6 Å². The number of amides is 1. The minimum Gasteiger partial charge on any atom is -0.352 e. The molecule has 3 aromatic rings. The lowest BCUT2D eigenvalue weighted by atomic mass is 10.0. The summed E-state index contributed by atoms with van der Waals surface area (Å²) in [6, 6.07) is 19.9. The van der Waals surface area contributed by atoms with Crippen LogP contribution in [0.15, 0.2) is 66.7 Å². The van der Waals surface area contributed by atoms with Crippen LogP contribution in [0.5, 0.6) is 0 Å². The molecule has 0 atom stereocenters. The smallest absolute Gasteiger partial charge is 0.269 e. The summed E-state index contributed by atoms with van der Waals surface area (Å²) in [5.41, 5.74) is 1.57. The summed E-state index contributed by atoms with van der Waals surface area (Å²) >= 11 is 0. The van der Waals surface area contributed by atoms with E-state index < -0.39 is 4.92 Å². The van der Waals surface area contributed by atoms with Crippen LogP contribution < -0.4 is 5.32 Å². The van der Waals surface area contributed by atoms with Gasteiger partial charge in [0.05, 0.1) is 4.92 Å². The minimum absolute atomic E-state index is 0.0256. The zero-order chi connectivity index (χ0) is 16.9. The molecule has 0 saturated heterocycles. The van der Waals surface area contributed by atoms with Gasteiger partial charge in [0.15, 0.2) is 0 Å². The van der Waals surface area contributed by atoms with Crippen LogP contribution in [0.2, 0.25) is 0 Å². The minimum atomic E-state index is -0.484. The molecule has 5 nitrogen and oxygen atoms in total. The highest BCUT2D eigenvalue weighted by molar-refractivity contribution is 5.94. The lowest BCUT2D eigenvalue weighted by Gasteiger charge is -2.08. The summed E-state index contributed by atoms with van der Waals surface area (Å²) in [6.07, 6.45) is 0.722. The molecule has 0 unspecified atom stereocenters. The SMILES string of the molecule is O=C(NCCc1cccc2ccccc12)c1ccc([N+](=O)[O-])cc1. The van der Waals surface area contributed by atoms with Gasteiger partial charge in [-0.3, -0.25) is 14.9 Å². The first kappa shape index (κ1) is 15.7. The first-order chi connectivity index (χ1) is 11.6. The molecule has 0 bridgehead atoms. The highest BCUT2D eigenvalue weighted by Crippen LogP contribution is 2.18. The lowest BCUT2D eigenvalue weighted by molar-refractivity contribution is -0.384. The van der Waals surface area contributed by atoms with Gasteiger partial charge in [0.25, 0.3) is 11.6 Å². The van der Waals surface area contributed by atoms with Gasteiger partial charge in [-0.05, 0) is 34.9 Å². The summed E-state index contributed by atoms with van der Waals surface area (Å²) in [5.74, 6) is -0.231. The Balaban J connectivity index is 1.63. The number of nitrogens with one attached hydrogen (secondary N) is 1. The van der Waals surface area contributed by atoms with Crippen LogP contribution in [0.3, 0.4) is 0 Å². The van der Waals surface area contributed by atoms with Crippen molar-refractivity contribution >= 4 is 22.4 Å². The zero-order valence-corrected chi connectivity index (χ0v) is 12.9. The Bertz CT molecular complexity index is 883. The van der Waals surface area contributed by atoms with E-state index in [2.05, 4.69) is 29.6 Å². The van der Waals surface area contributed by atoms with Crippen LogP contribution in [-0.2, 0) is 6.42 Å². The van der Waals surface area contributed by atoms with Crippen molar-refractivity contribution in [3.63, 3.8) is 0 Å². The number of carbonyl (C=O) groups is 1. The van der Waals surface area contributed by atoms with E-state index in [1.807, 2.05) is 18.2 Å². The van der Waals surface area contributed by atoms with Crippen molar-refractivity contribution in [2.24, 2.45) is 0 Å². The van der Waals surface area contributed by atoms with Crippen LogP contribution >= 0.6 is 0 Å². The predicted octanol–water partition coefficient (Wildman–Crippen LogP) is 3.72. The molecule has 1 N–H and O–H groups in total. The van der Waals surface area contributed by atoms with Gasteiger partial charge in [0.1, 0.15) is 0 Å². The Hall–Kier alpha value is -3.21. The molecule has 24 heavy (non-hydrogen) atoms. The molecular formula is C19H16N2O3. The number of hydrogen-bond acceptors (Lipinski definition) is 3. The first-order valence-electron chi connectivity index (χ1n) is 7.64. The summed E-state index contributed by atoms with van der Waals surface area (Å²) in [7, 11) is 0. The number of rotatable bonds is 5. The lowest BCUT2D eigenvalue weighted by Crippen LogP contribution is -2.25. The third kappa shape index (κ3) is 3.41. The van der Waals surface area contributed by atoms with Crippen LogP contribution in [-0.4, -0.2) is 17.4 Å². The highest BCUT2D eigenvalue weighted by atomic mass is 16.6. The van der Waals surface area contributed by atoms with E-state index in [-0.39, 0.29) is 11.6 Å². The predicted molar refractivity (Wildman–Crippen MR) is 93.1 cm³/mol. The third-order valence-corrected chi connectivity index (χ3v) is 3.90. The molecule has 1 amide bonds. The van der Waals surface area contributed by atoms with E-state index in [4.69, 9.17) is 0 Å². The topological polar surface area (TPSA) is 72.2 Å². The molecule has 0 fully saturated rings. The fraction of sp³-hybridized carbons (Fsp3) is 0.105. The molecule has 0 saturated carbocycles. The quantitative estimate of drug-likeness (QED) is 0.575. The van der Waals surface area contributed by atoms with E-state index in [1.54, 1.807) is 0 Å². The molecule has 3 rings (SSSR count). The monoisotopic (exact) mass is 320 g/mol. The fourth-order valence-electron chi connectivity index (χ4n) is 2.66. The summed E-state index contributed by atoms with van der Waals surface area (Å²) in [4.78, 5) is 22.2. The van der Waals surface area contributed by atoms with Crippen molar-refractivity contribution in [3.05, 3.63) is 88.0 Å². The molecule has 120 valence electrons. The van der Waals surface area contributed by atoms with E-state index in [0.29, 0.717) is 12.1 Å². The number of carbonyl (C=O) groups excluding carboxylic acids is 1. The van der Waals surface area contributed by atoms with Crippen LogP contribution in [0.1, 0.15) is 15.9 Å². The number of nitro groups is 1. The second kappa shape index (κ2) is 6.91. The standard InChI is InChI=1S/C19H16N2O3/c22-19(16-8-10-17(11-9-16)21(23)24)20-13-12-15-6-3-5-14-4-1-2-7-18(14)15/h1-11H,12-13H2,(H,20,22). The zero-order valence-electron chi connectivity index (χ0n) is 12.9. The van der Waals surface area contributed by atoms with Crippen LogP contribution in [0, 0.1) is 10.1 Å². The molecular weight excluding hydrogens is 304 g/mol. The molecule has 0 aromatic heterocycles. The van der Waals surface area contributed by atoms with Gasteiger partial charge in [-0.1, -0.05) is 42.5 Å². The maximum atomic E-state index is 12.1. The van der Waals surface area contributed by atoms with Gasteiger partial charge in [-0.25, -0.2) is 0 Å². The Morgan fingerprint density at radius 1 is 0.958 bits per heavy atom. The molecule has 3 aromatic carbocycles. The molecule has 0 aliphatic carbocycles. The van der Waals surface area contributed by atoms with Gasteiger partial charge in [0, 0.05) is 24.2 Å². The molecule has 5 heteroatoms. The van der Waals surface area contributed by atoms with Crippen molar-refractivity contribution in [1.29, 1.82) is 0 Å². The number of hydrogen-bond donors (Lipinski definition) is 1. The van der Waals surface area contributed by atoms with Crippen molar-refractivity contribution < 1.29 is 9.72 Å². The molecule has 0 radical (unpaired) electrons. The van der Waals surface area contributed by atoms with E-state index >= 15 is 0 Å². The van der Waals surface area contributed by atoms with Gasteiger partial charge < -0.3 is 5.32 Å². The number of non-ortho nitro benzene ring substituents is 1. The third-order valence-electron chi connectivity index (χ3n) is 3.90. The summed E-state index contributed by atoms with van der Waals surface area (Å²) in [6.45, 7) is 0.504. The summed E-state index contributed by atoms with van der Waals surface area (Å²) < 4.78 is 0. The molecule has 0 spiro atoms. The molecule has 0 aliphatic rings. The van der Waals surface area contributed by atoms with Crippen molar-refractivity contribution in [1.82, 2.24) is 5.32 Å². The second-order valence-electron chi connectivity index (χ2n) is 5.45. The Kier molecular flexibility index (Phi) is 4.52. The largest absolute Gasteiger partial charge is 0.352 e. The molecule has 0 heterocycles. The Morgan fingerprint density at radius 3 is 2.42 bits per heavy atom. The van der Waals surface area contributed by atoms with Crippen molar-refractivity contribution in [2.75, 3.05) is 6.54 Å².